The second-order valence-electron chi connectivity index (χ2n) is 8.14. The summed E-state index contributed by atoms with van der Waals surface area (Å²) >= 11 is 0. The first-order valence-electron chi connectivity index (χ1n) is 10.6. The Kier molecular flexibility index (Phi) is 6.19. The molecule has 32 heavy (non-hydrogen) atoms. The minimum absolute atomic E-state index is 0.134. The molecule has 1 aromatic heterocycles. The molecule has 0 aliphatic heterocycles. The van der Waals surface area contributed by atoms with Gasteiger partial charge >= 0.3 is 0 Å². The van der Waals surface area contributed by atoms with Gasteiger partial charge in [0.2, 0.25) is 0 Å². The Balaban J connectivity index is 1.67. The van der Waals surface area contributed by atoms with Gasteiger partial charge in [0.05, 0.1) is 10.9 Å². The second-order valence-corrected chi connectivity index (χ2v) is 8.14. The van der Waals surface area contributed by atoms with Crippen molar-refractivity contribution in [3.05, 3.63) is 99.7 Å². The lowest BCUT2D eigenvalue weighted by Crippen LogP contribution is -2.16. The number of anilines is 1. The van der Waals surface area contributed by atoms with Crippen LogP contribution >= 0.6 is 0 Å². The van der Waals surface area contributed by atoms with E-state index in [9.17, 15) is 9.59 Å². The molecule has 0 aliphatic carbocycles. The summed E-state index contributed by atoms with van der Waals surface area (Å²) in [4.78, 5) is 28.2. The van der Waals surface area contributed by atoms with Crippen molar-refractivity contribution >= 4 is 22.6 Å². The first-order chi connectivity index (χ1) is 15.4. The fourth-order valence-corrected chi connectivity index (χ4v) is 3.66. The topological polar surface area (TPSA) is 62.6 Å². The molecule has 1 heterocycles. The number of para-hydroxylation sites is 1. The molecule has 0 saturated heterocycles. The number of amides is 1. The predicted octanol–water partition coefficient (Wildman–Crippen LogP) is 5.12. The van der Waals surface area contributed by atoms with E-state index in [0.717, 1.165) is 18.5 Å². The van der Waals surface area contributed by atoms with Gasteiger partial charge in [-0.3, -0.25) is 9.59 Å². The fourth-order valence-electron chi connectivity index (χ4n) is 3.66. The van der Waals surface area contributed by atoms with Crippen LogP contribution < -0.4 is 10.7 Å². The maximum atomic E-state index is 13.1. The molecule has 5 heteroatoms. The Morgan fingerprint density at radius 1 is 0.938 bits per heavy atom. The smallest absolute Gasteiger partial charge is 0.259 e. The summed E-state index contributed by atoms with van der Waals surface area (Å²) in [5.41, 5.74) is 3.71. The van der Waals surface area contributed by atoms with E-state index in [0.29, 0.717) is 33.5 Å². The quantitative estimate of drug-likeness (QED) is 0.465. The zero-order valence-corrected chi connectivity index (χ0v) is 18.5. The largest absolute Gasteiger partial charge is 0.455 e. The summed E-state index contributed by atoms with van der Waals surface area (Å²) in [7, 11) is 4.09. The molecule has 0 bridgehead atoms. The highest BCUT2D eigenvalue weighted by atomic mass is 16.3. The average molecular weight is 427 g/mol. The molecule has 1 amide bonds. The van der Waals surface area contributed by atoms with Crippen LogP contribution in [0.15, 0.2) is 82.0 Å². The first kappa shape index (κ1) is 21.5. The van der Waals surface area contributed by atoms with Gasteiger partial charge in [0.25, 0.3) is 5.91 Å². The summed E-state index contributed by atoms with van der Waals surface area (Å²) in [6.45, 7) is 2.71. The Labute approximate surface area is 187 Å². The summed E-state index contributed by atoms with van der Waals surface area (Å²) in [5.74, 6) is 0.163. The molecular weight excluding hydrogens is 400 g/mol. The number of rotatable bonds is 6. The molecule has 4 rings (SSSR count). The van der Waals surface area contributed by atoms with Crippen LogP contribution in [0.1, 0.15) is 21.5 Å². The predicted molar refractivity (Wildman–Crippen MR) is 129 cm³/mol. The summed E-state index contributed by atoms with van der Waals surface area (Å²) in [5, 5.41) is 3.32. The third kappa shape index (κ3) is 4.48. The van der Waals surface area contributed by atoms with Crippen LogP contribution in [-0.4, -0.2) is 31.4 Å². The monoisotopic (exact) mass is 426 g/mol. The standard InChI is InChI=1S/C27H26N2O3/c1-18-24(30)22-10-7-11-23(26(22)32-25(18)20-8-5-4-6-9-20)27(31)28-21-14-12-19(13-15-21)16-17-29(2)3/h4-15H,16-17H2,1-3H3,(H,28,31). The van der Waals surface area contributed by atoms with Crippen molar-refractivity contribution in [2.75, 3.05) is 26.0 Å². The number of hydrogen-bond acceptors (Lipinski definition) is 4. The molecule has 0 fully saturated rings. The van der Waals surface area contributed by atoms with Crippen LogP contribution in [0.2, 0.25) is 0 Å². The Hall–Kier alpha value is -3.70. The normalized spacial score (nSPS) is 11.1. The number of hydrogen-bond donors (Lipinski definition) is 1. The van der Waals surface area contributed by atoms with Crippen LogP contribution in [-0.2, 0) is 6.42 Å². The molecule has 162 valence electrons. The van der Waals surface area contributed by atoms with E-state index in [2.05, 4.69) is 10.2 Å². The molecule has 5 nitrogen and oxygen atoms in total. The lowest BCUT2D eigenvalue weighted by molar-refractivity contribution is 0.102. The van der Waals surface area contributed by atoms with Crippen LogP contribution in [0.4, 0.5) is 5.69 Å². The molecule has 0 radical (unpaired) electrons. The van der Waals surface area contributed by atoms with Gasteiger partial charge in [0, 0.05) is 23.4 Å². The van der Waals surface area contributed by atoms with E-state index in [1.54, 1.807) is 25.1 Å². The molecule has 0 unspecified atom stereocenters. The molecule has 0 spiro atoms. The highest BCUT2D eigenvalue weighted by Crippen LogP contribution is 2.27. The number of nitrogens with zero attached hydrogens (tertiary/aromatic N) is 1. The molecule has 0 aliphatic rings. The minimum atomic E-state index is -0.317. The molecule has 0 saturated carbocycles. The SMILES string of the molecule is Cc1c(-c2ccccc2)oc2c(C(=O)Nc3ccc(CCN(C)C)cc3)cccc2c1=O. The summed E-state index contributed by atoms with van der Waals surface area (Å²) in [6.07, 6.45) is 0.942. The Bertz CT molecular complexity index is 1310. The molecule has 0 atom stereocenters. The minimum Gasteiger partial charge on any atom is -0.455 e. The van der Waals surface area contributed by atoms with Gasteiger partial charge in [-0.25, -0.2) is 0 Å². The van der Waals surface area contributed by atoms with Crippen molar-refractivity contribution in [2.45, 2.75) is 13.3 Å². The van der Waals surface area contributed by atoms with Gasteiger partial charge in [-0.05, 0) is 57.3 Å². The summed E-state index contributed by atoms with van der Waals surface area (Å²) < 4.78 is 6.16. The van der Waals surface area contributed by atoms with E-state index in [1.807, 2.05) is 68.7 Å². The van der Waals surface area contributed by atoms with Crippen molar-refractivity contribution in [2.24, 2.45) is 0 Å². The number of fused-ring (bicyclic) bond motifs is 1. The van der Waals surface area contributed by atoms with Gasteiger partial charge < -0.3 is 14.6 Å². The van der Waals surface area contributed by atoms with Gasteiger partial charge in [0.1, 0.15) is 5.76 Å². The van der Waals surface area contributed by atoms with E-state index >= 15 is 0 Å². The zero-order valence-electron chi connectivity index (χ0n) is 18.5. The maximum absolute atomic E-state index is 13.1. The van der Waals surface area contributed by atoms with Crippen LogP contribution in [0.5, 0.6) is 0 Å². The average Bonchev–Trinajstić information content (AvgIpc) is 2.81. The van der Waals surface area contributed by atoms with Gasteiger partial charge in [-0.15, -0.1) is 0 Å². The van der Waals surface area contributed by atoms with Crippen LogP contribution in [0, 0.1) is 6.92 Å². The molecular formula is C27H26N2O3. The Morgan fingerprint density at radius 2 is 1.66 bits per heavy atom. The lowest BCUT2D eigenvalue weighted by atomic mass is 10.0. The molecule has 4 aromatic rings. The van der Waals surface area contributed by atoms with E-state index in [4.69, 9.17) is 4.42 Å². The van der Waals surface area contributed by atoms with Crippen molar-refractivity contribution in [3.8, 4) is 11.3 Å². The number of carbonyl (C=O) groups excluding carboxylic acids is 1. The fraction of sp³-hybridized carbons (Fsp3) is 0.185. The van der Waals surface area contributed by atoms with Crippen molar-refractivity contribution in [1.82, 2.24) is 4.90 Å². The van der Waals surface area contributed by atoms with Gasteiger partial charge in [-0.2, -0.15) is 0 Å². The van der Waals surface area contributed by atoms with E-state index < -0.39 is 0 Å². The highest BCUT2D eigenvalue weighted by Gasteiger charge is 2.18. The third-order valence-electron chi connectivity index (χ3n) is 5.49. The zero-order chi connectivity index (χ0) is 22.7. The van der Waals surface area contributed by atoms with E-state index in [-0.39, 0.29) is 11.3 Å². The van der Waals surface area contributed by atoms with Gasteiger partial charge in [0.15, 0.2) is 11.0 Å². The lowest BCUT2D eigenvalue weighted by Gasteiger charge is -2.12. The number of benzene rings is 3. The second kappa shape index (κ2) is 9.20. The molecule has 1 N–H and O–H groups in total. The number of nitrogens with one attached hydrogen (secondary N) is 1. The van der Waals surface area contributed by atoms with E-state index in [1.165, 1.54) is 5.56 Å². The third-order valence-corrected chi connectivity index (χ3v) is 5.49. The van der Waals surface area contributed by atoms with Crippen LogP contribution in [0.3, 0.4) is 0 Å². The van der Waals surface area contributed by atoms with Crippen LogP contribution in [0.25, 0.3) is 22.3 Å². The van der Waals surface area contributed by atoms with Crippen molar-refractivity contribution < 1.29 is 9.21 Å². The maximum Gasteiger partial charge on any atom is 0.259 e. The molecule has 3 aromatic carbocycles. The highest BCUT2D eigenvalue weighted by molar-refractivity contribution is 6.11. The first-order valence-corrected chi connectivity index (χ1v) is 10.6. The van der Waals surface area contributed by atoms with Gasteiger partial charge in [-0.1, -0.05) is 48.5 Å². The van der Waals surface area contributed by atoms with Crippen molar-refractivity contribution in [1.29, 1.82) is 0 Å². The summed E-state index contributed by atoms with van der Waals surface area (Å²) in [6, 6.07) is 22.3. The Morgan fingerprint density at radius 3 is 2.34 bits per heavy atom. The number of likely N-dealkylation sites (N-methyl/N-ethyl adjacent to an activating group) is 1. The van der Waals surface area contributed by atoms with Crippen molar-refractivity contribution in [3.63, 3.8) is 0 Å². The number of carbonyl (C=O) groups is 1.